The van der Waals surface area contributed by atoms with Gasteiger partial charge in [-0.1, -0.05) is 19.4 Å². The van der Waals surface area contributed by atoms with Gasteiger partial charge in [-0.15, -0.1) is 0 Å². The molecule has 0 spiro atoms. The highest BCUT2D eigenvalue weighted by molar-refractivity contribution is 5.88. The van der Waals surface area contributed by atoms with Gasteiger partial charge >= 0.3 is 5.63 Å². The summed E-state index contributed by atoms with van der Waals surface area (Å²) in [5.74, 6) is 0.545. The molecular formula is C25H28N2O4. The highest BCUT2D eigenvalue weighted by atomic mass is 16.5. The smallest absolute Gasteiger partial charge is 0.336 e. The highest BCUT2D eigenvalue weighted by Crippen LogP contribution is 2.32. The second-order valence-electron chi connectivity index (χ2n) is 8.15. The summed E-state index contributed by atoms with van der Waals surface area (Å²) in [6.07, 6.45) is 8.22. The first-order chi connectivity index (χ1) is 15.1. The van der Waals surface area contributed by atoms with Crippen LogP contribution in [0.2, 0.25) is 0 Å². The zero-order valence-electron chi connectivity index (χ0n) is 18.1. The molecule has 0 aliphatic carbocycles. The van der Waals surface area contributed by atoms with Gasteiger partial charge in [-0.25, -0.2) is 4.79 Å². The van der Waals surface area contributed by atoms with Crippen molar-refractivity contribution >= 4 is 16.9 Å². The Labute approximate surface area is 181 Å². The molecule has 0 saturated carbocycles. The van der Waals surface area contributed by atoms with E-state index in [-0.39, 0.29) is 24.2 Å². The highest BCUT2D eigenvalue weighted by Gasteiger charge is 2.28. The minimum atomic E-state index is -0.365. The fourth-order valence-corrected chi connectivity index (χ4v) is 4.42. The molecule has 0 bridgehead atoms. The van der Waals surface area contributed by atoms with E-state index >= 15 is 0 Å². The second-order valence-corrected chi connectivity index (χ2v) is 8.15. The Kier molecular flexibility index (Phi) is 6.35. The molecule has 3 heterocycles. The van der Waals surface area contributed by atoms with Gasteiger partial charge in [0.15, 0.2) is 6.61 Å². The van der Waals surface area contributed by atoms with Crippen LogP contribution in [0.15, 0.2) is 51.9 Å². The van der Waals surface area contributed by atoms with E-state index in [0.29, 0.717) is 17.9 Å². The molecule has 1 atom stereocenters. The van der Waals surface area contributed by atoms with Gasteiger partial charge in [0.1, 0.15) is 11.3 Å². The molecule has 4 rings (SSSR count). The maximum Gasteiger partial charge on any atom is 0.336 e. The Morgan fingerprint density at radius 3 is 2.94 bits per heavy atom. The number of ether oxygens (including phenoxy) is 1. The van der Waals surface area contributed by atoms with Crippen LogP contribution >= 0.6 is 0 Å². The second kappa shape index (κ2) is 9.33. The van der Waals surface area contributed by atoms with Crippen LogP contribution in [0.4, 0.5) is 0 Å². The molecule has 31 heavy (non-hydrogen) atoms. The molecule has 0 radical (unpaired) electrons. The van der Waals surface area contributed by atoms with E-state index in [0.717, 1.165) is 54.2 Å². The minimum absolute atomic E-state index is 0.0291. The van der Waals surface area contributed by atoms with Gasteiger partial charge in [-0.05, 0) is 67.5 Å². The first-order valence-electron chi connectivity index (χ1n) is 11.0. The maximum atomic E-state index is 13.1. The average molecular weight is 421 g/mol. The average Bonchev–Trinajstić information content (AvgIpc) is 2.77. The van der Waals surface area contributed by atoms with E-state index in [4.69, 9.17) is 9.15 Å². The Hall–Kier alpha value is -3.15. The van der Waals surface area contributed by atoms with Crippen molar-refractivity contribution in [3.8, 4) is 5.75 Å². The van der Waals surface area contributed by atoms with Gasteiger partial charge in [0.2, 0.25) is 0 Å². The molecule has 0 N–H and O–H groups in total. The molecule has 1 aromatic carbocycles. The van der Waals surface area contributed by atoms with Crippen molar-refractivity contribution in [1.29, 1.82) is 0 Å². The number of pyridine rings is 1. The lowest BCUT2D eigenvalue weighted by molar-refractivity contribution is -0.137. The number of benzene rings is 1. The normalized spacial score (nSPS) is 16.5. The molecule has 6 nitrogen and oxygen atoms in total. The van der Waals surface area contributed by atoms with Gasteiger partial charge < -0.3 is 14.1 Å². The van der Waals surface area contributed by atoms with Gasteiger partial charge in [-0.3, -0.25) is 9.78 Å². The van der Waals surface area contributed by atoms with Crippen LogP contribution in [0.1, 0.15) is 55.3 Å². The lowest BCUT2D eigenvalue weighted by Crippen LogP contribution is -2.41. The van der Waals surface area contributed by atoms with Crippen LogP contribution in [0.3, 0.4) is 0 Å². The van der Waals surface area contributed by atoms with E-state index in [2.05, 4.69) is 11.9 Å². The number of amides is 1. The van der Waals surface area contributed by atoms with Crippen LogP contribution in [-0.2, 0) is 11.2 Å². The summed E-state index contributed by atoms with van der Waals surface area (Å²) in [5.41, 5.74) is 3.00. The van der Waals surface area contributed by atoms with Crippen LogP contribution in [0.5, 0.6) is 5.75 Å². The molecule has 1 aliphatic heterocycles. The van der Waals surface area contributed by atoms with E-state index in [1.165, 1.54) is 6.07 Å². The molecule has 1 aliphatic rings. The van der Waals surface area contributed by atoms with Crippen molar-refractivity contribution in [2.75, 3.05) is 13.2 Å². The summed E-state index contributed by atoms with van der Waals surface area (Å²) in [7, 11) is 0. The fourth-order valence-electron chi connectivity index (χ4n) is 4.42. The number of fused-ring (bicyclic) bond motifs is 1. The first-order valence-corrected chi connectivity index (χ1v) is 11.0. The fraction of sp³-hybridized carbons (Fsp3) is 0.400. The zero-order chi connectivity index (χ0) is 21.8. The van der Waals surface area contributed by atoms with Crippen molar-refractivity contribution in [3.05, 3.63) is 69.8 Å². The third kappa shape index (κ3) is 4.63. The Balaban J connectivity index is 1.59. The summed E-state index contributed by atoms with van der Waals surface area (Å²) in [4.78, 5) is 31.2. The number of aryl methyl sites for hydroxylation is 2. The Morgan fingerprint density at radius 1 is 1.29 bits per heavy atom. The molecule has 1 amide bonds. The third-order valence-corrected chi connectivity index (χ3v) is 5.80. The zero-order valence-corrected chi connectivity index (χ0v) is 18.1. The number of nitrogens with zero attached hydrogens (tertiary/aromatic N) is 2. The molecule has 0 unspecified atom stereocenters. The van der Waals surface area contributed by atoms with Crippen molar-refractivity contribution < 1.29 is 13.9 Å². The topological polar surface area (TPSA) is 72.6 Å². The molecule has 1 fully saturated rings. The molecule has 6 heteroatoms. The van der Waals surface area contributed by atoms with Gasteiger partial charge in [0.25, 0.3) is 5.91 Å². The first kappa shape index (κ1) is 21.1. The lowest BCUT2D eigenvalue weighted by Gasteiger charge is -2.35. The largest absolute Gasteiger partial charge is 0.483 e. The number of carbonyl (C=O) groups excluding carboxylic acids is 1. The van der Waals surface area contributed by atoms with E-state index in [1.807, 2.05) is 42.3 Å². The van der Waals surface area contributed by atoms with E-state index < -0.39 is 0 Å². The Bertz CT molecular complexity index is 1120. The summed E-state index contributed by atoms with van der Waals surface area (Å²) in [6.45, 7) is 4.64. The summed E-state index contributed by atoms with van der Waals surface area (Å²) < 4.78 is 11.5. The van der Waals surface area contributed by atoms with Crippen LogP contribution < -0.4 is 10.4 Å². The summed E-state index contributed by atoms with van der Waals surface area (Å²) in [6, 6.07) is 9.24. The van der Waals surface area contributed by atoms with Crippen molar-refractivity contribution in [1.82, 2.24) is 9.88 Å². The Morgan fingerprint density at radius 2 is 2.16 bits per heavy atom. The molecule has 3 aromatic rings. The van der Waals surface area contributed by atoms with E-state index in [1.54, 1.807) is 6.20 Å². The van der Waals surface area contributed by atoms with Gasteiger partial charge in [0, 0.05) is 25.0 Å². The van der Waals surface area contributed by atoms with Crippen LogP contribution in [0, 0.1) is 6.92 Å². The van der Waals surface area contributed by atoms with Crippen molar-refractivity contribution in [3.63, 3.8) is 0 Å². The molecule has 162 valence electrons. The monoisotopic (exact) mass is 420 g/mol. The summed E-state index contributed by atoms with van der Waals surface area (Å²) in [5, 5.41) is 0.780. The standard InChI is InChI=1S/C25H28N2O4/c1-3-7-18-14-24(29)31-22-13-17(2)12-21(25(18)22)30-16-23(28)27-11-5-4-9-20(27)19-8-6-10-26-15-19/h6,8,10,12-15,20H,3-5,7,9,11,16H2,1-2H3/t20-/m0/s1. The SMILES string of the molecule is CCCc1cc(=O)oc2cc(C)cc(OCC(=O)N3CCCC[C@H]3c3cccnc3)c12. The van der Waals surface area contributed by atoms with Gasteiger partial charge in [-0.2, -0.15) is 0 Å². The number of piperidine rings is 1. The number of hydrogen-bond donors (Lipinski definition) is 0. The minimum Gasteiger partial charge on any atom is -0.483 e. The maximum absolute atomic E-state index is 13.1. The van der Waals surface area contributed by atoms with Crippen LogP contribution in [0.25, 0.3) is 11.0 Å². The van der Waals surface area contributed by atoms with Crippen LogP contribution in [-0.4, -0.2) is 28.9 Å². The lowest BCUT2D eigenvalue weighted by atomic mass is 9.96. The predicted molar refractivity (Wildman–Crippen MR) is 119 cm³/mol. The number of rotatable bonds is 6. The van der Waals surface area contributed by atoms with Crippen molar-refractivity contribution in [2.45, 2.75) is 52.0 Å². The molecule has 2 aromatic heterocycles. The van der Waals surface area contributed by atoms with E-state index in [9.17, 15) is 9.59 Å². The number of aromatic nitrogens is 1. The molecular weight excluding hydrogens is 392 g/mol. The molecule has 1 saturated heterocycles. The third-order valence-electron chi connectivity index (χ3n) is 5.80. The quantitative estimate of drug-likeness (QED) is 0.546. The van der Waals surface area contributed by atoms with Crippen molar-refractivity contribution in [2.24, 2.45) is 0 Å². The number of hydrogen-bond acceptors (Lipinski definition) is 5. The summed E-state index contributed by atoms with van der Waals surface area (Å²) >= 11 is 0. The number of likely N-dealkylation sites (tertiary alicyclic amines) is 1. The predicted octanol–water partition coefficient (Wildman–Crippen LogP) is 4.58. The van der Waals surface area contributed by atoms with Gasteiger partial charge in [0.05, 0.1) is 11.4 Å². The number of carbonyl (C=O) groups is 1.